The molecule has 1 aliphatic heterocycles. The Morgan fingerprint density at radius 1 is 1.40 bits per heavy atom. The minimum atomic E-state index is -0.0825. The van der Waals surface area contributed by atoms with E-state index < -0.39 is 0 Å². The van der Waals surface area contributed by atoms with Crippen LogP contribution in [0.1, 0.15) is 43.6 Å². The number of carbonyl (C=O) groups excluding carboxylic acids is 2. The van der Waals surface area contributed by atoms with Crippen molar-refractivity contribution in [1.82, 2.24) is 5.32 Å². The molecule has 20 heavy (non-hydrogen) atoms. The Bertz CT molecular complexity index is 547. The summed E-state index contributed by atoms with van der Waals surface area (Å²) < 4.78 is 0. The maximum atomic E-state index is 12.2. The Kier molecular flexibility index (Phi) is 3.84. The van der Waals surface area contributed by atoms with Crippen LogP contribution in [-0.2, 0) is 11.2 Å². The monoisotopic (exact) mass is 274 g/mol. The molecule has 2 N–H and O–H groups in total. The third-order valence-corrected chi connectivity index (χ3v) is 4.26. The van der Waals surface area contributed by atoms with E-state index in [-0.39, 0.29) is 17.2 Å². The minimum Gasteiger partial charge on any atom is -0.351 e. The Labute approximate surface area is 119 Å². The van der Waals surface area contributed by atoms with Gasteiger partial charge in [0, 0.05) is 17.8 Å². The summed E-state index contributed by atoms with van der Waals surface area (Å²) in [5, 5.41) is 5.74. The number of hydrogen-bond acceptors (Lipinski definition) is 2. The largest absolute Gasteiger partial charge is 0.351 e. The van der Waals surface area contributed by atoms with Crippen LogP contribution in [0.25, 0.3) is 0 Å². The molecule has 1 aromatic carbocycles. The zero-order valence-electron chi connectivity index (χ0n) is 12.5. The Balaban J connectivity index is 2.04. The first-order valence-corrected chi connectivity index (χ1v) is 7.00. The third kappa shape index (κ3) is 3.00. The van der Waals surface area contributed by atoms with E-state index in [0.29, 0.717) is 24.4 Å². The lowest BCUT2D eigenvalue weighted by Crippen LogP contribution is -2.36. The fourth-order valence-electron chi connectivity index (χ4n) is 1.98. The highest BCUT2D eigenvalue weighted by molar-refractivity contribution is 6.01. The average Bonchev–Trinajstić information content (AvgIpc) is 2.74. The molecule has 1 aliphatic rings. The van der Waals surface area contributed by atoms with Crippen molar-refractivity contribution in [1.29, 1.82) is 0 Å². The van der Waals surface area contributed by atoms with Gasteiger partial charge in [0.25, 0.3) is 5.91 Å². The molecule has 0 radical (unpaired) electrons. The fraction of sp³-hybridized carbons (Fsp3) is 0.500. The van der Waals surface area contributed by atoms with Crippen LogP contribution in [0.4, 0.5) is 5.69 Å². The molecule has 0 atom stereocenters. The molecule has 0 spiro atoms. The van der Waals surface area contributed by atoms with Crippen molar-refractivity contribution in [2.75, 3.05) is 11.9 Å². The Morgan fingerprint density at radius 2 is 2.10 bits per heavy atom. The molecule has 108 valence electrons. The predicted octanol–water partition coefficient (Wildman–Crippen LogP) is 2.59. The number of amides is 2. The molecule has 1 heterocycles. The van der Waals surface area contributed by atoms with Gasteiger partial charge in [-0.3, -0.25) is 9.59 Å². The van der Waals surface area contributed by atoms with Gasteiger partial charge in [-0.05, 0) is 35.1 Å². The van der Waals surface area contributed by atoms with Crippen LogP contribution >= 0.6 is 0 Å². The van der Waals surface area contributed by atoms with Gasteiger partial charge in [-0.15, -0.1) is 0 Å². The number of anilines is 1. The fourth-order valence-corrected chi connectivity index (χ4v) is 1.98. The highest BCUT2D eigenvalue weighted by Crippen LogP contribution is 2.26. The van der Waals surface area contributed by atoms with Crippen molar-refractivity contribution >= 4 is 17.5 Å². The summed E-state index contributed by atoms with van der Waals surface area (Å²) >= 11 is 0. The van der Waals surface area contributed by atoms with Gasteiger partial charge >= 0.3 is 0 Å². The first kappa shape index (κ1) is 14.6. The number of rotatable bonds is 4. The number of benzene rings is 1. The molecule has 0 saturated heterocycles. The van der Waals surface area contributed by atoms with E-state index in [9.17, 15) is 9.59 Å². The summed E-state index contributed by atoms with van der Waals surface area (Å²) in [6.07, 6.45) is 0.355. The van der Waals surface area contributed by atoms with Crippen LogP contribution in [0.3, 0.4) is 0 Å². The molecule has 0 bridgehead atoms. The van der Waals surface area contributed by atoms with E-state index in [1.54, 1.807) is 18.2 Å². The molecule has 1 aromatic rings. The first-order chi connectivity index (χ1) is 9.29. The number of carbonyl (C=O) groups is 2. The molecular formula is C16H22N2O2. The van der Waals surface area contributed by atoms with E-state index in [1.807, 2.05) is 0 Å². The van der Waals surface area contributed by atoms with E-state index >= 15 is 0 Å². The van der Waals surface area contributed by atoms with E-state index in [0.717, 1.165) is 11.3 Å². The van der Waals surface area contributed by atoms with Crippen molar-refractivity contribution in [3.8, 4) is 0 Å². The molecule has 4 nitrogen and oxygen atoms in total. The Hall–Kier alpha value is -1.84. The average molecular weight is 274 g/mol. The standard InChI is InChI=1S/C16H22N2O2/c1-10(2)16(3,4)9-17-15(20)11-5-6-13-12(7-11)8-14(19)18-13/h5-7,10H,8-9H2,1-4H3,(H,17,20)(H,18,19). The molecule has 0 unspecified atom stereocenters. The van der Waals surface area contributed by atoms with Crippen molar-refractivity contribution in [3.63, 3.8) is 0 Å². The lowest BCUT2D eigenvalue weighted by atomic mass is 9.81. The zero-order valence-corrected chi connectivity index (χ0v) is 12.5. The minimum absolute atomic E-state index is 0.0153. The Morgan fingerprint density at radius 3 is 2.75 bits per heavy atom. The van der Waals surface area contributed by atoms with Gasteiger partial charge in [-0.1, -0.05) is 27.7 Å². The van der Waals surface area contributed by atoms with Gasteiger partial charge < -0.3 is 10.6 Å². The first-order valence-electron chi connectivity index (χ1n) is 7.00. The van der Waals surface area contributed by atoms with Crippen LogP contribution in [0.15, 0.2) is 18.2 Å². The second kappa shape index (κ2) is 5.27. The second-order valence-corrected chi connectivity index (χ2v) is 6.42. The molecule has 0 aromatic heterocycles. The molecule has 4 heteroatoms. The topological polar surface area (TPSA) is 58.2 Å². The lowest BCUT2D eigenvalue weighted by molar-refractivity contribution is -0.115. The molecule has 2 rings (SSSR count). The van der Waals surface area contributed by atoms with Crippen LogP contribution in [0.5, 0.6) is 0 Å². The zero-order chi connectivity index (χ0) is 14.9. The summed E-state index contributed by atoms with van der Waals surface area (Å²) in [6, 6.07) is 5.34. The molecule has 0 saturated carbocycles. The quantitative estimate of drug-likeness (QED) is 0.886. The van der Waals surface area contributed by atoms with Gasteiger partial charge in [0.2, 0.25) is 5.91 Å². The van der Waals surface area contributed by atoms with Crippen molar-refractivity contribution in [3.05, 3.63) is 29.3 Å². The van der Waals surface area contributed by atoms with Gasteiger partial charge in [0.15, 0.2) is 0 Å². The van der Waals surface area contributed by atoms with Gasteiger partial charge in [0.1, 0.15) is 0 Å². The maximum absolute atomic E-state index is 12.2. The summed E-state index contributed by atoms with van der Waals surface area (Å²) in [6.45, 7) is 9.22. The van der Waals surface area contributed by atoms with Gasteiger partial charge in [0.05, 0.1) is 6.42 Å². The summed E-state index contributed by atoms with van der Waals surface area (Å²) in [7, 11) is 0. The predicted molar refractivity (Wildman–Crippen MR) is 79.7 cm³/mol. The second-order valence-electron chi connectivity index (χ2n) is 6.42. The third-order valence-electron chi connectivity index (χ3n) is 4.26. The van der Waals surface area contributed by atoms with E-state index in [4.69, 9.17) is 0 Å². The molecule has 0 fully saturated rings. The summed E-state index contributed by atoms with van der Waals surface area (Å²) in [4.78, 5) is 23.5. The smallest absolute Gasteiger partial charge is 0.251 e. The van der Waals surface area contributed by atoms with Crippen LogP contribution < -0.4 is 10.6 Å². The van der Waals surface area contributed by atoms with Crippen molar-refractivity contribution in [2.24, 2.45) is 11.3 Å². The molecular weight excluding hydrogens is 252 g/mol. The molecule has 0 aliphatic carbocycles. The highest BCUT2D eigenvalue weighted by atomic mass is 16.2. The van der Waals surface area contributed by atoms with E-state index in [1.165, 1.54) is 0 Å². The number of hydrogen-bond donors (Lipinski definition) is 2. The lowest BCUT2D eigenvalue weighted by Gasteiger charge is -2.29. The van der Waals surface area contributed by atoms with Gasteiger partial charge in [-0.25, -0.2) is 0 Å². The van der Waals surface area contributed by atoms with Crippen LogP contribution in [0.2, 0.25) is 0 Å². The number of fused-ring (bicyclic) bond motifs is 1. The van der Waals surface area contributed by atoms with Crippen LogP contribution in [0, 0.1) is 11.3 Å². The highest BCUT2D eigenvalue weighted by Gasteiger charge is 2.24. The summed E-state index contributed by atoms with van der Waals surface area (Å²) in [5.41, 5.74) is 2.38. The normalized spacial score (nSPS) is 14.2. The molecule has 2 amide bonds. The van der Waals surface area contributed by atoms with Gasteiger partial charge in [-0.2, -0.15) is 0 Å². The van der Waals surface area contributed by atoms with E-state index in [2.05, 4.69) is 38.3 Å². The maximum Gasteiger partial charge on any atom is 0.251 e. The SMILES string of the molecule is CC(C)C(C)(C)CNC(=O)c1ccc2c(c1)CC(=O)N2. The van der Waals surface area contributed by atoms with Crippen molar-refractivity contribution in [2.45, 2.75) is 34.1 Å². The van der Waals surface area contributed by atoms with Crippen LogP contribution in [-0.4, -0.2) is 18.4 Å². The number of nitrogens with one attached hydrogen (secondary N) is 2. The summed E-state index contributed by atoms with van der Waals surface area (Å²) in [5.74, 6) is 0.393. The van der Waals surface area contributed by atoms with Crippen molar-refractivity contribution < 1.29 is 9.59 Å².